The van der Waals surface area contributed by atoms with Gasteiger partial charge in [0.1, 0.15) is 5.78 Å². The van der Waals surface area contributed by atoms with E-state index in [0.29, 0.717) is 30.7 Å². The second-order valence-electron chi connectivity index (χ2n) is 6.15. The van der Waals surface area contributed by atoms with Crippen molar-refractivity contribution in [2.45, 2.75) is 39.7 Å². The van der Waals surface area contributed by atoms with E-state index in [1.165, 1.54) is 0 Å². The SMILES string of the molecule is CC(C)Cn1c2c(c3cccc(C(=O)O)c31)CC(=O)CC2. The van der Waals surface area contributed by atoms with E-state index in [4.69, 9.17) is 0 Å². The maximum atomic E-state index is 11.8. The van der Waals surface area contributed by atoms with Crippen molar-refractivity contribution in [3.05, 3.63) is 35.0 Å². The van der Waals surface area contributed by atoms with Crippen molar-refractivity contribution in [2.75, 3.05) is 0 Å². The molecule has 4 heteroatoms. The number of rotatable bonds is 3. The summed E-state index contributed by atoms with van der Waals surface area (Å²) in [6.45, 7) is 5.02. The number of carbonyl (C=O) groups excluding carboxylic acids is 1. The number of Topliss-reactive ketones (excluding diaryl/α,β-unsaturated/α-hetero) is 1. The summed E-state index contributed by atoms with van der Waals surface area (Å²) in [6, 6.07) is 5.36. The maximum absolute atomic E-state index is 11.8. The highest BCUT2D eigenvalue weighted by Crippen LogP contribution is 2.33. The van der Waals surface area contributed by atoms with Gasteiger partial charge in [-0.2, -0.15) is 0 Å². The third kappa shape index (κ3) is 2.24. The molecule has 0 radical (unpaired) electrons. The van der Waals surface area contributed by atoms with Gasteiger partial charge in [0.25, 0.3) is 0 Å². The number of para-hydroxylation sites is 1. The molecule has 1 aromatic carbocycles. The number of fused-ring (bicyclic) bond motifs is 3. The molecule has 0 bridgehead atoms. The van der Waals surface area contributed by atoms with Crippen LogP contribution in [0.3, 0.4) is 0 Å². The van der Waals surface area contributed by atoms with E-state index < -0.39 is 5.97 Å². The molecule has 1 aliphatic rings. The third-order valence-corrected chi connectivity index (χ3v) is 4.10. The molecule has 0 amide bonds. The molecule has 1 aromatic heterocycles. The van der Waals surface area contributed by atoms with Gasteiger partial charge in [0.05, 0.1) is 11.1 Å². The van der Waals surface area contributed by atoms with Crippen LogP contribution in [0.25, 0.3) is 10.9 Å². The first-order chi connectivity index (χ1) is 9.99. The van der Waals surface area contributed by atoms with Gasteiger partial charge in [-0.25, -0.2) is 4.79 Å². The molecule has 1 aliphatic carbocycles. The Morgan fingerprint density at radius 2 is 2.10 bits per heavy atom. The summed E-state index contributed by atoms with van der Waals surface area (Å²) in [7, 11) is 0. The van der Waals surface area contributed by atoms with Gasteiger partial charge >= 0.3 is 5.97 Å². The van der Waals surface area contributed by atoms with E-state index in [-0.39, 0.29) is 5.78 Å². The normalized spacial score (nSPS) is 14.7. The standard InChI is InChI=1S/C17H19NO3/c1-10(2)9-18-15-7-6-11(19)8-14(15)12-4-3-5-13(16(12)18)17(20)21/h3-5,10H,6-9H2,1-2H3,(H,20,21). The van der Waals surface area contributed by atoms with E-state index in [1.807, 2.05) is 6.07 Å². The average Bonchev–Trinajstić information content (AvgIpc) is 2.72. The summed E-state index contributed by atoms with van der Waals surface area (Å²) < 4.78 is 2.13. The van der Waals surface area contributed by atoms with E-state index >= 15 is 0 Å². The van der Waals surface area contributed by atoms with Crippen LogP contribution in [0.1, 0.15) is 41.9 Å². The van der Waals surface area contributed by atoms with Crippen LogP contribution in [0, 0.1) is 5.92 Å². The minimum Gasteiger partial charge on any atom is -0.478 e. The number of hydrogen-bond acceptors (Lipinski definition) is 2. The van der Waals surface area contributed by atoms with Gasteiger partial charge in [-0.1, -0.05) is 26.0 Å². The highest BCUT2D eigenvalue weighted by molar-refractivity contribution is 6.05. The number of aromatic carboxylic acids is 1. The molecule has 110 valence electrons. The Morgan fingerprint density at radius 1 is 1.33 bits per heavy atom. The number of nitrogens with zero attached hydrogens (tertiary/aromatic N) is 1. The minimum absolute atomic E-state index is 0.242. The van der Waals surface area contributed by atoms with Crippen LogP contribution < -0.4 is 0 Å². The van der Waals surface area contributed by atoms with Gasteiger partial charge in [0.15, 0.2) is 0 Å². The largest absolute Gasteiger partial charge is 0.478 e. The summed E-state index contributed by atoms with van der Waals surface area (Å²) in [5.41, 5.74) is 3.28. The van der Waals surface area contributed by atoms with E-state index in [0.717, 1.165) is 28.7 Å². The fourth-order valence-electron chi connectivity index (χ4n) is 3.30. The molecule has 1 heterocycles. The third-order valence-electron chi connectivity index (χ3n) is 4.10. The Labute approximate surface area is 123 Å². The van der Waals surface area contributed by atoms with Gasteiger partial charge in [0.2, 0.25) is 0 Å². The van der Waals surface area contributed by atoms with Crippen LogP contribution >= 0.6 is 0 Å². The van der Waals surface area contributed by atoms with Crippen LogP contribution in [0.15, 0.2) is 18.2 Å². The summed E-state index contributed by atoms with van der Waals surface area (Å²) in [4.78, 5) is 23.3. The van der Waals surface area contributed by atoms with Gasteiger partial charge < -0.3 is 9.67 Å². The predicted molar refractivity (Wildman–Crippen MR) is 80.8 cm³/mol. The predicted octanol–water partition coefficient (Wildman–Crippen LogP) is 3.05. The summed E-state index contributed by atoms with van der Waals surface area (Å²) in [5.74, 6) is -0.247. The second-order valence-corrected chi connectivity index (χ2v) is 6.15. The van der Waals surface area contributed by atoms with Gasteiger partial charge in [-0.15, -0.1) is 0 Å². The maximum Gasteiger partial charge on any atom is 0.337 e. The van der Waals surface area contributed by atoms with Crippen molar-refractivity contribution in [1.82, 2.24) is 4.57 Å². The molecule has 3 rings (SSSR count). The van der Waals surface area contributed by atoms with Crippen LogP contribution in [-0.2, 0) is 24.2 Å². The molecule has 0 spiro atoms. The van der Waals surface area contributed by atoms with Crippen molar-refractivity contribution in [3.63, 3.8) is 0 Å². The van der Waals surface area contributed by atoms with Crippen molar-refractivity contribution < 1.29 is 14.7 Å². The first kappa shape index (κ1) is 13.9. The van der Waals surface area contributed by atoms with Crippen LogP contribution in [0.4, 0.5) is 0 Å². The molecule has 0 unspecified atom stereocenters. The first-order valence-electron chi connectivity index (χ1n) is 7.37. The smallest absolute Gasteiger partial charge is 0.337 e. The first-order valence-corrected chi connectivity index (χ1v) is 7.37. The van der Waals surface area contributed by atoms with Crippen LogP contribution in [0.5, 0.6) is 0 Å². The molecule has 0 atom stereocenters. The molecule has 0 fully saturated rings. The quantitative estimate of drug-likeness (QED) is 0.943. The second kappa shape index (κ2) is 5.02. The van der Waals surface area contributed by atoms with Crippen LogP contribution in [-0.4, -0.2) is 21.4 Å². The molecule has 0 aliphatic heterocycles. The molecular weight excluding hydrogens is 266 g/mol. The Balaban J connectivity index is 2.35. The highest BCUT2D eigenvalue weighted by Gasteiger charge is 2.26. The molecule has 21 heavy (non-hydrogen) atoms. The number of benzene rings is 1. The average molecular weight is 285 g/mol. The molecule has 1 N–H and O–H groups in total. The van der Waals surface area contributed by atoms with Gasteiger partial charge in [0, 0.05) is 30.5 Å². The topological polar surface area (TPSA) is 59.3 Å². The van der Waals surface area contributed by atoms with Gasteiger partial charge in [-0.05, 0) is 24.0 Å². The lowest BCUT2D eigenvalue weighted by Gasteiger charge is -2.17. The Morgan fingerprint density at radius 3 is 2.76 bits per heavy atom. The lowest BCUT2D eigenvalue weighted by atomic mass is 9.94. The van der Waals surface area contributed by atoms with Crippen molar-refractivity contribution in [3.8, 4) is 0 Å². The van der Waals surface area contributed by atoms with Gasteiger partial charge in [-0.3, -0.25) is 4.79 Å². The molecule has 2 aromatic rings. The monoisotopic (exact) mass is 285 g/mol. The summed E-state index contributed by atoms with van der Waals surface area (Å²) in [6.07, 6.45) is 1.71. The van der Waals surface area contributed by atoms with E-state index in [9.17, 15) is 14.7 Å². The lowest BCUT2D eigenvalue weighted by Crippen LogP contribution is -2.17. The van der Waals surface area contributed by atoms with Crippen molar-refractivity contribution in [1.29, 1.82) is 0 Å². The highest BCUT2D eigenvalue weighted by atomic mass is 16.4. The summed E-state index contributed by atoms with van der Waals surface area (Å²) >= 11 is 0. The number of hydrogen-bond donors (Lipinski definition) is 1. The number of carboxylic acid groups (broad SMARTS) is 1. The van der Waals surface area contributed by atoms with E-state index in [2.05, 4.69) is 18.4 Å². The molecular formula is C17H19NO3. The number of ketones is 1. The summed E-state index contributed by atoms with van der Waals surface area (Å²) in [5, 5.41) is 10.4. The van der Waals surface area contributed by atoms with Crippen LogP contribution in [0.2, 0.25) is 0 Å². The van der Waals surface area contributed by atoms with Crippen molar-refractivity contribution in [2.24, 2.45) is 5.92 Å². The minimum atomic E-state index is -0.910. The number of carboxylic acids is 1. The number of aromatic nitrogens is 1. The van der Waals surface area contributed by atoms with E-state index in [1.54, 1.807) is 12.1 Å². The lowest BCUT2D eigenvalue weighted by molar-refractivity contribution is -0.118. The fraction of sp³-hybridized carbons (Fsp3) is 0.412. The molecule has 4 nitrogen and oxygen atoms in total. The number of carbonyl (C=O) groups is 2. The Kier molecular flexibility index (Phi) is 3.32. The molecule has 0 saturated carbocycles. The van der Waals surface area contributed by atoms with Crippen molar-refractivity contribution >= 4 is 22.7 Å². The zero-order valence-corrected chi connectivity index (χ0v) is 12.3. The Hall–Kier alpha value is -2.10. The fourth-order valence-corrected chi connectivity index (χ4v) is 3.30. The Bertz CT molecular complexity index is 740. The molecule has 0 saturated heterocycles. The zero-order valence-electron chi connectivity index (χ0n) is 12.3. The zero-order chi connectivity index (χ0) is 15.1.